The largest absolute Gasteiger partial charge is 0.497 e. The molecule has 0 unspecified atom stereocenters. The molecule has 1 N–H and O–H groups in total. The van der Waals surface area contributed by atoms with Gasteiger partial charge in [-0.1, -0.05) is 35.0 Å². The van der Waals surface area contributed by atoms with Crippen LogP contribution in [-0.4, -0.2) is 58.5 Å². The number of carbonyl (C=O) groups is 2. The van der Waals surface area contributed by atoms with Gasteiger partial charge in [-0.3, -0.25) is 13.9 Å². The van der Waals surface area contributed by atoms with Crippen LogP contribution in [-0.2, 0) is 26.2 Å². The van der Waals surface area contributed by atoms with Crippen molar-refractivity contribution in [2.75, 3.05) is 31.6 Å². The number of amides is 2. The molecule has 0 spiro atoms. The number of anilines is 1. The molecule has 3 aromatic rings. The monoisotopic (exact) mass is 631 g/mol. The number of hydrogen-bond donors (Lipinski definition) is 1. The Morgan fingerprint density at radius 3 is 2.05 bits per heavy atom. The Morgan fingerprint density at radius 1 is 0.925 bits per heavy atom. The van der Waals surface area contributed by atoms with Crippen LogP contribution in [0.5, 0.6) is 11.5 Å². The summed E-state index contributed by atoms with van der Waals surface area (Å²) in [4.78, 5) is 28.2. The third kappa shape index (κ3) is 7.54. The standard InChI is InChI=1S/C29H34BrN3O6S/c1-5-27(29(35)31-3)32(19-21-7-13-24(38-4)14-8-21)28(34)20-33(23-11-15-25(16-12-23)39-6-2)40(36,37)26-17-9-22(30)10-18-26/h7-18,27H,5-6,19-20H2,1-4H3,(H,31,35)/t27-/m0/s1. The van der Waals surface area contributed by atoms with Gasteiger partial charge in [-0.25, -0.2) is 8.42 Å². The maximum Gasteiger partial charge on any atom is 0.264 e. The van der Waals surface area contributed by atoms with Crippen molar-refractivity contribution < 1.29 is 27.5 Å². The van der Waals surface area contributed by atoms with Crippen molar-refractivity contribution in [2.45, 2.75) is 37.8 Å². The molecule has 0 aliphatic carbocycles. The molecule has 0 bridgehead atoms. The second-order valence-electron chi connectivity index (χ2n) is 8.80. The molecule has 1 atom stereocenters. The SMILES string of the molecule is CCOc1ccc(N(CC(=O)N(Cc2ccc(OC)cc2)[C@@H](CC)C(=O)NC)S(=O)(=O)c2ccc(Br)cc2)cc1. The van der Waals surface area contributed by atoms with E-state index in [-0.39, 0.29) is 23.0 Å². The molecular weight excluding hydrogens is 598 g/mol. The summed E-state index contributed by atoms with van der Waals surface area (Å²) in [6, 6.07) is 19.0. The summed E-state index contributed by atoms with van der Waals surface area (Å²) < 4.78 is 40.3. The van der Waals surface area contributed by atoms with Gasteiger partial charge in [-0.05, 0) is 79.6 Å². The number of sulfonamides is 1. The number of nitrogens with one attached hydrogen (secondary N) is 1. The van der Waals surface area contributed by atoms with Crippen LogP contribution in [0.3, 0.4) is 0 Å². The minimum atomic E-state index is -4.16. The highest BCUT2D eigenvalue weighted by Gasteiger charge is 2.33. The van der Waals surface area contributed by atoms with E-state index in [4.69, 9.17) is 9.47 Å². The molecule has 0 heterocycles. The lowest BCUT2D eigenvalue weighted by molar-refractivity contribution is -0.140. The van der Waals surface area contributed by atoms with Crippen LogP contribution in [0, 0.1) is 0 Å². The first kappa shape index (κ1) is 31.0. The molecule has 214 valence electrons. The number of rotatable bonds is 13. The van der Waals surface area contributed by atoms with Crippen LogP contribution in [0.1, 0.15) is 25.8 Å². The van der Waals surface area contributed by atoms with Crippen molar-refractivity contribution in [3.63, 3.8) is 0 Å². The van der Waals surface area contributed by atoms with E-state index in [1.807, 2.05) is 6.92 Å². The third-order valence-corrected chi connectivity index (χ3v) is 8.58. The van der Waals surface area contributed by atoms with Crippen LogP contribution in [0.25, 0.3) is 0 Å². The van der Waals surface area contributed by atoms with Gasteiger partial charge in [0.15, 0.2) is 0 Å². The lowest BCUT2D eigenvalue weighted by Gasteiger charge is -2.33. The maximum atomic E-state index is 14.0. The van der Waals surface area contributed by atoms with Gasteiger partial charge in [0.1, 0.15) is 24.1 Å². The molecule has 2 amide bonds. The van der Waals surface area contributed by atoms with Crippen LogP contribution in [0.2, 0.25) is 0 Å². The molecule has 0 radical (unpaired) electrons. The van der Waals surface area contributed by atoms with Crippen molar-refractivity contribution in [1.29, 1.82) is 0 Å². The van der Waals surface area contributed by atoms with E-state index >= 15 is 0 Å². The van der Waals surface area contributed by atoms with Crippen molar-refractivity contribution in [3.8, 4) is 11.5 Å². The lowest BCUT2D eigenvalue weighted by Crippen LogP contribution is -2.51. The van der Waals surface area contributed by atoms with E-state index in [1.165, 1.54) is 24.1 Å². The second kappa shape index (κ2) is 14.2. The molecule has 3 rings (SSSR count). The minimum absolute atomic E-state index is 0.0254. The predicted molar refractivity (Wildman–Crippen MR) is 158 cm³/mol. The fraction of sp³-hybridized carbons (Fsp3) is 0.310. The van der Waals surface area contributed by atoms with E-state index in [1.54, 1.807) is 74.7 Å². The highest BCUT2D eigenvalue weighted by molar-refractivity contribution is 9.10. The van der Waals surface area contributed by atoms with Crippen LogP contribution in [0.4, 0.5) is 5.69 Å². The van der Waals surface area contributed by atoms with Crippen molar-refractivity contribution in [1.82, 2.24) is 10.2 Å². The normalized spacial score (nSPS) is 11.8. The Morgan fingerprint density at radius 2 is 1.52 bits per heavy atom. The molecule has 11 heteroatoms. The molecule has 0 saturated carbocycles. The molecule has 3 aromatic carbocycles. The van der Waals surface area contributed by atoms with Gasteiger partial charge in [-0.2, -0.15) is 0 Å². The summed E-state index contributed by atoms with van der Waals surface area (Å²) in [5, 5.41) is 2.62. The average molecular weight is 633 g/mol. The summed E-state index contributed by atoms with van der Waals surface area (Å²) in [6.07, 6.45) is 0.337. The first-order valence-electron chi connectivity index (χ1n) is 12.8. The number of methoxy groups -OCH3 is 1. The van der Waals surface area contributed by atoms with Gasteiger partial charge in [0.2, 0.25) is 11.8 Å². The van der Waals surface area contributed by atoms with E-state index in [0.717, 1.165) is 14.3 Å². The molecule has 0 aliphatic rings. The van der Waals surface area contributed by atoms with Gasteiger partial charge in [0.25, 0.3) is 10.0 Å². The van der Waals surface area contributed by atoms with Gasteiger partial charge in [0, 0.05) is 18.1 Å². The number of ether oxygens (including phenoxy) is 2. The minimum Gasteiger partial charge on any atom is -0.497 e. The number of hydrogen-bond acceptors (Lipinski definition) is 6. The summed E-state index contributed by atoms with van der Waals surface area (Å²) in [7, 11) is -1.09. The lowest BCUT2D eigenvalue weighted by atomic mass is 10.1. The fourth-order valence-electron chi connectivity index (χ4n) is 4.15. The highest BCUT2D eigenvalue weighted by Crippen LogP contribution is 2.28. The zero-order chi connectivity index (χ0) is 29.3. The maximum absolute atomic E-state index is 14.0. The Kier molecular flexibility index (Phi) is 11.0. The third-order valence-electron chi connectivity index (χ3n) is 6.26. The smallest absolute Gasteiger partial charge is 0.264 e. The number of benzene rings is 3. The summed E-state index contributed by atoms with van der Waals surface area (Å²) in [5.41, 5.74) is 1.05. The Labute approximate surface area is 244 Å². The number of nitrogens with zero attached hydrogens (tertiary/aromatic N) is 2. The Hall–Kier alpha value is -3.57. The predicted octanol–water partition coefficient (Wildman–Crippen LogP) is 4.61. The van der Waals surface area contributed by atoms with E-state index in [0.29, 0.717) is 24.5 Å². The summed E-state index contributed by atoms with van der Waals surface area (Å²) in [6.45, 7) is 3.69. The number of likely N-dealkylation sites (N-methyl/N-ethyl adjacent to an activating group) is 1. The highest BCUT2D eigenvalue weighted by atomic mass is 79.9. The summed E-state index contributed by atoms with van der Waals surface area (Å²) in [5.74, 6) is 0.362. The van der Waals surface area contributed by atoms with Crippen molar-refractivity contribution in [2.24, 2.45) is 0 Å². The topological polar surface area (TPSA) is 105 Å². The fourth-order valence-corrected chi connectivity index (χ4v) is 5.83. The first-order chi connectivity index (χ1) is 19.1. The Bertz CT molecular complexity index is 1380. The Balaban J connectivity index is 2.04. The zero-order valence-electron chi connectivity index (χ0n) is 23.0. The molecule has 0 aromatic heterocycles. The molecular formula is C29H34BrN3O6S. The molecule has 9 nitrogen and oxygen atoms in total. The zero-order valence-corrected chi connectivity index (χ0v) is 25.4. The summed E-state index contributed by atoms with van der Waals surface area (Å²) >= 11 is 3.33. The number of halogens is 1. The van der Waals surface area contributed by atoms with Gasteiger partial charge >= 0.3 is 0 Å². The van der Waals surface area contributed by atoms with Gasteiger partial charge < -0.3 is 19.7 Å². The van der Waals surface area contributed by atoms with Crippen LogP contribution in [0.15, 0.2) is 82.2 Å². The molecule has 0 saturated heterocycles. The van der Waals surface area contributed by atoms with Gasteiger partial charge in [-0.15, -0.1) is 0 Å². The van der Waals surface area contributed by atoms with Gasteiger partial charge in [0.05, 0.1) is 24.3 Å². The van der Waals surface area contributed by atoms with Crippen molar-refractivity contribution >= 4 is 43.5 Å². The number of carbonyl (C=O) groups excluding carboxylic acids is 2. The van der Waals surface area contributed by atoms with E-state index in [9.17, 15) is 18.0 Å². The quantitative estimate of drug-likeness (QED) is 0.295. The van der Waals surface area contributed by atoms with E-state index < -0.39 is 28.5 Å². The molecule has 0 aliphatic heterocycles. The van der Waals surface area contributed by atoms with Crippen molar-refractivity contribution in [3.05, 3.63) is 82.8 Å². The average Bonchev–Trinajstić information content (AvgIpc) is 2.96. The molecule has 0 fully saturated rings. The first-order valence-corrected chi connectivity index (χ1v) is 15.0. The van der Waals surface area contributed by atoms with Crippen LogP contribution < -0.4 is 19.1 Å². The van der Waals surface area contributed by atoms with E-state index in [2.05, 4.69) is 21.2 Å². The van der Waals surface area contributed by atoms with Crippen LogP contribution >= 0.6 is 15.9 Å². The second-order valence-corrected chi connectivity index (χ2v) is 11.6. The molecule has 40 heavy (non-hydrogen) atoms.